The van der Waals surface area contributed by atoms with Gasteiger partial charge in [-0.2, -0.15) is 0 Å². The minimum absolute atomic E-state index is 0.0312. The second kappa shape index (κ2) is 5.60. The molecule has 0 spiro atoms. The number of hydrogen-bond acceptors (Lipinski definition) is 3. The third kappa shape index (κ3) is 2.75. The number of hydrogen-bond donors (Lipinski definition) is 1. The summed E-state index contributed by atoms with van der Waals surface area (Å²) in [5.74, 6) is 0. The van der Waals surface area contributed by atoms with Gasteiger partial charge in [0.1, 0.15) is 6.17 Å². The molecular formula is C14H19ClN4O. The molecule has 6 heteroatoms. The Morgan fingerprint density at radius 1 is 1.15 bits per heavy atom. The largest absolute Gasteiger partial charge is 0.323 e. The van der Waals surface area contributed by atoms with Crippen LogP contribution < -0.4 is 10.2 Å². The zero-order valence-corrected chi connectivity index (χ0v) is 12.3. The van der Waals surface area contributed by atoms with Gasteiger partial charge in [-0.1, -0.05) is 11.6 Å². The molecule has 0 radical (unpaired) electrons. The van der Waals surface area contributed by atoms with Gasteiger partial charge in [-0.3, -0.25) is 9.80 Å². The van der Waals surface area contributed by atoms with Crippen molar-refractivity contribution >= 4 is 23.3 Å². The fraction of sp³-hybridized carbons (Fsp3) is 0.500. The molecule has 1 aromatic rings. The summed E-state index contributed by atoms with van der Waals surface area (Å²) in [6, 6.07) is 7.36. The minimum atomic E-state index is -0.0312. The van der Waals surface area contributed by atoms with E-state index >= 15 is 0 Å². The van der Waals surface area contributed by atoms with Crippen LogP contribution in [0.4, 0.5) is 10.5 Å². The number of rotatable bonds is 2. The van der Waals surface area contributed by atoms with Gasteiger partial charge in [-0.15, -0.1) is 0 Å². The van der Waals surface area contributed by atoms with Crippen LogP contribution in [-0.2, 0) is 0 Å². The van der Waals surface area contributed by atoms with Crippen molar-refractivity contribution in [1.82, 2.24) is 15.1 Å². The van der Waals surface area contributed by atoms with Crippen LogP contribution in [0, 0.1) is 0 Å². The average Bonchev–Trinajstić information content (AvgIpc) is 2.82. The van der Waals surface area contributed by atoms with Crippen molar-refractivity contribution in [3.05, 3.63) is 29.3 Å². The molecule has 1 atom stereocenters. The van der Waals surface area contributed by atoms with E-state index in [2.05, 4.69) is 22.2 Å². The number of carbonyl (C=O) groups is 1. The van der Waals surface area contributed by atoms with E-state index in [1.54, 1.807) is 4.90 Å². The quantitative estimate of drug-likeness (QED) is 0.897. The lowest BCUT2D eigenvalue weighted by Gasteiger charge is -2.35. The molecule has 1 N–H and O–H groups in total. The Kier molecular flexibility index (Phi) is 3.83. The van der Waals surface area contributed by atoms with E-state index in [0.717, 1.165) is 31.9 Å². The van der Waals surface area contributed by atoms with Gasteiger partial charge < -0.3 is 10.2 Å². The van der Waals surface area contributed by atoms with Gasteiger partial charge in [0.25, 0.3) is 0 Å². The van der Waals surface area contributed by atoms with E-state index in [9.17, 15) is 4.79 Å². The molecule has 2 aliphatic rings. The SMILES string of the molecule is CN1CCN(C2CN(c3ccc(Cl)cc3)C(=O)N2)CC1. The molecule has 0 bridgehead atoms. The summed E-state index contributed by atoms with van der Waals surface area (Å²) in [5.41, 5.74) is 0.892. The highest BCUT2D eigenvalue weighted by molar-refractivity contribution is 6.30. The lowest BCUT2D eigenvalue weighted by atomic mass is 10.2. The Morgan fingerprint density at radius 2 is 1.80 bits per heavy atom. The maximum absolute atomic E-state index is 12.1. The maximum Gasteiger partial charge on any atom is 0.323 e. The molecule has 20 heavy (non-hydrogen) atoms. The average molecular weight is 295 g/mol. The second-order valence-electron chi connectivity index (χ2n) is 5.39. The number of likely N-dealkylation sites (N-methyl/N-ethyl adjacent to an activating group) is 1. The fourth-order valence-electron chi connectivity index (χ4n) is 2.71. The smallest absolute Gasteiger partial charge is 0.320 e. The topological polar surface area (TPSA) is 38.8 Å². The summed E-state index contributed by atoms with van der Waals surface area (Å²) < 4.78 is 0. The van der Waals surface area contributed by atoms with E-state index in [4.69, 9.17) is 11.6 Å². The summed E-state index contributed by atoms with van der Waals surface area (Å²) in [6.07, 6.45) is 0.104. The van der Waals surface area contributed by atoms with Crippen molar-refractivity contribution in [1.29, 1.82) is 0 Å². The van der Waals surface area contributed by atoms with Crippen molar-refractivity contribution < 1.29 is 4.79 Å². The van der Waals surface area contributed by atoms with Crippen LogP contribution in [0.15, 0.2) is 24.3 Å². The van der Waals surface area contributed by atoms with Crippen molar-refractivity contribution in [3.63, 3.8) is 0 Å². The molecule has 0 aromatic heterocycles. The monoisotopic (exact) mass is 294 g/mol. The second-order valence-corrected chi connectivity index (χ2v) is 5.83. The van der Waals surface area contributed by atoms with Crippen LogP contribution in [0.25, 0.3) is 0 Å². The van der Waals surface area contributed by atoms with Gasteiger partial charge in [-0.25, -0.2) is 4.79 Å². The van der Waals surface area contributed by atoms with Crippen molar-refractivity contribution in [2.45, 2.75) is 6.17 Å². The van der Waals surface area contributed by atoms with E-state index in [1.165, 1.54) is 0 Å². The predicted molar refractivity (Wildman–Crippen MR) is 80.2 cm³/mol. The van der Waals surface area contributed by atoms with Gasteiger partial charge in [0.2, 0.25) is 0 Å². The molecule has 2 saturated heterocycles. The summed E-state index contributed by atoms with van der Waals surface area (Å²) >= 11 is 5.89. The first kappa shape index (κ1) is 13.7. The number of nitrogens with one attached hydrogen (secondary N) is 1. The Labute approximate surface area is 124 Å². The molecule has 108 valence electrons. The van der Waals surface area contributed by atoms with E-state index in [1.807, 2.05) is 24.3 Å². The van der Waals surface area contributed by atoms with Gasteiger partial charge in [0, 0.05) is 36.9 Å². The number of amides is 2. The molecule has 3 rings (SSSR count). The number of benzene rings is 1. The molecule has 2 amide bonds. The lowest BCUT2D eigenvalue weighted by molar-refractivity contribution is 0.111. The van der Waals surface area contributed by atoms with Crippen LogP contribution in [-0.4, -0.2) is 61.8 Å². The molecule has 2 heterocycles. The highest BCUT2D eigenvalue weighted by Crippen LogP contribution is 2.22. The van der Waals surface area contributed by atoms with Crippen LogP contribution >= 0.6 is 11.6 Å². The van der Waals surface area contributed by atoms with Crippen LogP contribution in [0.5, 0.6) is 0 Å². The Morgan fingerprint density at radius 3 is 2.45 bits per heavy atom. The van der Waals surface area contributed by atoms with Gasteiger partial charge in [-0.05, 0) is 31.3 Å². The molecule has 1 unspecified atom stereocenters. The zero-order chi connectivity index (χ0) is 14.1. The first-order valence-corrected chi connectivity index (χ1v) is 7.27. The first-order chi connectivity index (χ1) is 9.63. The molecule has 0 saturated carbocycles. The molecule has 2 aliphatic heterocycles. The molecule has 1 aromatic carbocycles. The number of nitrogens with zero attached hydrogens (tertiary/aromatic N) is 3. The zero-order valence-electron chi connectivity index (χ0n) is 11.6. The Balaban J connectivity index is 1.67. The Bertz CT molecular complexity index is 484. The lowest BCUT2D eigenvalue weighted by Crippen LogP contribution is -2.53. The fourth-order valence-corrected chi connectivity index (χ4v) is 2.83. The normalized spacial score (nSPS) is 25.0. The van der Waals surface area contributed by atoms with Crippen molar-refractivity contribution in [2.75, 3.05) is 44.7 Å². The Hall–Kier alpha value is -1.30. The third-order valence-corrected chi connectivity index (χ3v) is 4.26. The summed E-state index contributed by atoms with van der Waals surface area (Å²) in [5, 5.41) is 3.75. The maximum atomic E-state index is 12.1. The van der Waals surface area contributed by atoms with Crippen molar-refractivity contribution in [2.24, 2.45) is 0 Å². The highest BCUT2D eigenvalue weighted by atomic mass is 35.5. The van der Waals surface area contributed by atoms with Crippen LogP contribution in [0.3, 0.4) is 0 Å². The number of halogens is 1. The highest BCUT2D eigenvalue weighted by Gasteiger charge is 2.34. The van der Waals surface area contributed by atoms with E-state index in [0.29, 0.717) is 11.6 Å². The van der Waals surface area contributed by atoms with Gasteiger partial charge >= 0.3 is 6.03 Å². The van der Waals surface area contributed by atoms with E-state index < -0.39 is 0 Å². The van der Waals surface area contributed by atoms with Gasteiger partial charge in [0.15, 0.2) is 0 Å². The molecule has 0 aliphatic carbocycles. The van der Waals surface area contributed by atoms with E-state index in [-0.39, 0.29) is 12.2 Å². The predicted octanol–water partition coefficient (Wildman–Crippen LogP) is 1.44. The minimum Gasteiger partial charge on any atom is -0.320 e. The summed E-state index contributed by atoms with van der Waals surface area (Å²) in [7, 11) is 2.13. The van der Waals surface area contributed by atoms with Gasteiger partial charge in [0.05, 0.1) is 6.54 Å². The van der Waals surface area contributed by atoms with Crippen LogP contribution in [0.1, 0.15) is 0 Å². The summed E-state index contributed by atoms with van der Waals surface area (Å²) in [4.78, 5) is 18.5. The summed E-state index contributed by atoms with van der Waals surface area (Å²) in [6.45, 7) is 4.77. The standard InChI is InChI=1S/C14H19ClN4O/c1-17-6-8-18(9-7-17)13-10-19(14(20)16-13)12-4-2-11(15)3-5-12/h2-5,13H,6-10H2,1H3,(H,16,20). The third-order valence-electron chi connectivity index (χ3n) is 4.01. The molecular weight excluding hydrogens is 276 g/mol. The number of carbonyl (C=O) groups excluding carboxylic acids is 1. The van der Waals surface area contributed by atoms with Crippen LogP contribution in [0.2, 0.25) is 5.02 Å². The first-order valence-electron chi connectivity index (χ1n) is 6.90. The number of piperazine rings is 1. The van der Waals surface area contributed by atoms with Crippen molar-refractivity contribution in [3.8, 4) is 0 Å². The number of anilines is 1. The molecule has 5 nitrogen and oxygen atoms in total. The number of urea groups is 1. The molecule has 2 fully saturated rings.